The molecule has 11 heteroatoms. The van der Waals surface area contributed by atoms with Crippen LogP contribution in [0.1, 0.15) is 61.2 Å². The summed E-state index contributed by atoms with van der Waals surface area (Å²) in [7, 11) is 1.89. The number of hydrogen-bond acceptors (Lipinski definition) is 6. The number of carbonyl (C=O) groups is 2. The van der Waals surface area contributed by atoms with Gasteiger partial charge in [-0.3, -0.25) is 9.69 Å². The topological polar surface area (TPSA) is 99.8 Å². The molecule has 0 saturated carbocycles. The van der Waals surface area contributed by atoms with E-state index in [1.54, 1.807) is 12.5 Å². The van der Waals surface area contributed by atoms with Gasteiger partial charge in [0.25, 0.3) is 5.91 Å². The minimum atomic E-state index is -5.08. The Bertz CT molecular complexity index is 1020. The summed E-state index contributed by atoms with van der Waals surface area (Å²) in [6, 6.07) is 3.96. The number of aliphatic carboxylic acids is 1. The number of carboxylic acids is 1. The monoisotopic (exact) mass is 482 g/mol. The van der Waals surface area contributed by atoms with Crippen LogP contribution in [0.2, 0.25) is 0 Å². The van der Waals surface area contributed by atoms with Crippen LogP contribution >= 0.6 is 0 Å². The number of fused-ring (bicyclic) bond motifs is 2. The number of rotatable bonds is 2. The highest BCUT2D eigenvalue weighted by molar-refractivity contribution is 5.96. The number of carboxylic acid groups (broad SMARTS) is 1. The lowest BCUT2D eigenvalue weighted by Gasteiger charge is -2.46. The number of piperidine rings is 1. The lowest BCUT2D eigenvalue weighted by Crippen LogP contribution is -2.54. The largest absolute Gasteiger partial charge is 0.490 e. The van der Waals surface area contributed by atoms with E-state index in [2.05, 4.69) is 30.7 Å². The molecule has 0 unspecified atom stereocenters. The molecule has 4 heterocycles. The number of halogens is 3. The Labute approximate surface area is 195 Å². The van der Waals surface area contributed by atoms with Gasteiger partial charge < -0.3 is 14.4 Å². The fraction of sp³-hybridized carbons (Fsp3) is 0.565. The number of nitrogens with zero attached hydrogens (tertiary/aromatic N) is 4. The Hall–Kier alpha value is -2.95. The summed E-state index contributed by atoms with van der Waals surface area (Å²) in [5, 5.41) is 7.12. The maximum atomic E-state index is 12.7. The van der Waals surface area contributed by atoms with Crippen molar-refractivity contribution in [2.45, 2.75) is 57.2 Å². The van der Waals surface area contributed by atoms with Gasteiger partial charge in [0.1, 0.15) is 11.6 Å². The summed E-state index contributed by atoms with van der Waals surface area (Å²) in [6.07, 6.45) is 0.361. The first-order chi connectivity index (χ1) is 15.7. The summed E-state index contributed by atoms with van der Waals surface area (Å²) >= 11 is 0. The average Bonchev–Trinajstić information content (AvgIpc) is 3.26. The van der Waals surface area contributed by atoms with Gasteiger partial charge in [-0.05, 0) is 38.1 Å². The molecule has 0 bridgehead atoms. The minimum Gasteiger partial charge on any atom is -0.475 e. The van der Waals surface area contributed by atoms with Gasteiger partial charge in [0, 0.05) is 30.6 Å². The van der Waals surface area contributed by atoms with E-state index in [1.807, 2.05) is 24.1 Å². The molecule has 2 aromatic heterocycles. The summed E-state index contributed by atoms with van der Waals surface area (Å²) in [4.78, 5) is 35.3. The first-order valence-corrected chi connectivity index (χ1v) is 10.9. The second-order valence-electron chi connectivity index (χ2n) is 9.81. The van der Waals surface area contributed by atoms with Gasteiger partial charge >= 0.3 is 12.1 Å². The van der Waals surface area contributed by atoms with Crippen LogP contribution in [0, 0.1) is 0 Å². The number of likely N-dealkylation sites (tertiary alicyclic amines) is 1. The molecule has 4 rings (SSSR count). The molecule has 2 aliphatic rings. The van der Waals surface area contributed by atoms with Crippen LogP contribution in [-0.2, 0) is 22.2 Å². The van der Waals surface area contributed by atoms with Crippen LogP contribution in [0.15, 0.2) is 29.0 Å². The number of likely N-dealkylation sites (N-methyl/N-ethyl adjacent to an activating group) is 1. The summed E-state index contributed by atoms with van der Waals surface area (Å²) in [6.45, 7) is 9.85. The maximum absolute atomic E-state index is 12.7. The number of carbonyl (C=O) groups excluding carboxylic acids is 1. The van der Waals surface area contributed by atoms with Crippen LogP contribution in [0.25, 0.3) is 0 Å². The van der Waals surface area contributed by atoms with Crippen molar-refractivity contribution in [1.29, 1.82) is 0 Å². The molecule has 1 N–H and O–H groups in total. The fourth-order valence-electron chi connectivity index (χ4n) is 4.27. The van der Waals surface area contributed by atoms with Crippen molar-refractivity contribution in [3.05, 3.63) is 47.4 Å². The third-order valence-electron chi connectivity index (χ3n) is 6.09. The summed E-state index contributed by atoms with van der Waals surface area (Å²) < 4.78 is 37.2. The van der Waals surface area contributed by atoms with E-state index in [9.17, 15) is 18.0 Å². The average molecular weight is 483 g/mol. The molecule has 1 amide bonds. The van der Waals surface area contributed by atoms with Crippen LogP contribution in [0.4, 0.5) is 13.2 Å². The van der Waals surface area contributed by atoms with Crippen molar-refractivity contribution in [3.8, 4) is 0 Å². The Morgan fingerprint density at radius 2 is 1.85 bits per heavy atom. The molecule has 0 radical (unpaired) electrons. The Morgan fingerprint density at radius 3 is 2.35 bits per heavy atom. The molecule has 1 saturated heterocycles. The van der Waals surface area contributed by atoms with Gasteiger partial charge in [-0.25, -0.2) is 14.8 Å². The molecule has 34 heavy (non-hydrogen) atoms. The van der Waals surface area contributed by atoms with E-state index in [4.69, 9.17) is 19.3 Å². The Morgan fingerprint density at radius 1 is 1.24 bits per heavy atom. The van der Waals surface area contributed by atoms with Gasteiger partial charge in [0.15, 0.2) is 0 Å². The highest BCUT2D eigenvalue weighted by Gasteiger charge is 2.46. The van der Waals surface area contributed by atoms with Gasteiger partial charge in [-0.15, -0.1) is 0 Å². The molecule has 0 atom stereocenters. The second-order valence-corrected chi connectivity index (χ2v) is 9.81. The molecule has 1 fully saturated rings. The van der Waals surface area contributed by atoms with Crippen LogP contribution in [0.3, 0.4) is 0 Å². The zero-order chi connectivity index (χ0) is 25.3. The van der Waals surface area contributed by atoms with E-state index in [-0.39, 0.29) is 16.7 Å². The Kier molecular flexibility index (Phi) is 7.07. The molecule has 1 spiro atoms. The summed E-state index contributed by atoms with van der Waals surface area (Å²) in [5.74, 6) is -0.905. The van der Waals surface area contributed by atoms with Gasteiger partial charge in [0.05, 0.1) is 24.1 Å². The standard InChI is InChI=1S/C21H28N4O2.C2HF3O2/c1-20(2,3)19-22-12-16-17(23-19)21(14-24(4)18(16)26)7-9-25(10-8-21)13-15-6-5-11-27-15;3-2(4,5)1(6)7/h5-6,11-12H,7-10,13-14H2,1-4H3;(H,6,7). The minimum absolute atomic E-state index is 0.0362. The zero-order valence-electron chi connectivity index (χ0n) is 19.6. The number of hydrogen-bond donors (Lipinski definition) is 1. The number of aromatic nitrogens is 2. The maximum Gasteiger partial charge on any atom is 0.490 e. The summed E-state index contributed by atoms with van der Waals surface area (Å²) in [5.41, 5.74) is 1.42. The zero-order valence-corrected chi connectivity index (χ0v) is 19.6. The molecular formula is C23H29F3N4O4. The molecule has 0 aromatic carbocycles. The van der Waals surface area contributed by atoms with Crippen molar-refractivity contribution < 1.29 is 32.3 Å². The van der Waals surface area contributed by atoms with Crippen molar-refractivity contribution in [2.75, 3.05) is 26.7 Å². The van der Waals surface area contributed by atoms with E-state index >= 15 is 0 Å². The molecule has 2 aliphatic heterocycles. The molecule has 186 valence electrons. The smallest absolute Gasteiger partial charge is 0.475 e. The van der Waals surface area contributed by atoms with Crippen LogP contribution in [-0.4, -0.2) is 69.6 Å². The SMILES string of the molecule is CN1CC2(CCN(Cc3ccco3)CC2)c2nc(C(C)(C)C)ncc2C1=O.O=C(O)C(F)(F)F. The van der Waals surface area contributed by atoms with Crippen molar-refractivity contribution in [3.63, 3.8) is 0 Å². The van der Waals surface area contributed by atoms with E-state index in [0.29, 0.717) is 5.56 Å². The van der Waals surface area contributed by atoms with Crippen LogP contribution < -0.4 is 0 Å². The molecular weight excluding hydrogens is 453 g/mol. The molecule has 0 aliphatic carbocycles. The highest BCUT2D eigenvalue weighted by Crippen LogP contribution is 2.41. The number of furan rings is 1. The van der Waals surface area contributed by atoms with Crippen molar-refractivity contribution >= 4 is 11.9 Å². The van der Waals surface area contributed by atoms with Gasteiger partial charge in [0.2, 0.25) is 0 Å². The van der Waals surface area contributed by atoms with Gasteiger partial charge in [-0.1, -0.05) is 20.8 Å². The normalized spacial score (nSPS) is 18.3. The number of amides is 1. The van der Waals surface area contributed by atoms with Crippen molar-refractivity contribution in [1.82, 2.24) is 19.8 Å². The lowest BCUT2D eigenvalue weighted by atomic mass is 9.71. The third-order valence-corrected chi connectivity index (χ3v) is 6.09. The highest BCUT2D eigenvalue weighted by atomic mass is 19.4. The fourth-order valence-corrected chi connectivity index (χ4v) is 4.27. The van der Waals surface area contributed by atoms with Gasteiger partial charge in [-0.2, -0.15) is 13.2 Å². The number of alkyl halides is 3. The Balaban J connectivity index is 0.000000406. The van der Waals surface area contributed by atoms with E-state index in [1.165, 1.54) is 0 Å². The van der Waals surface area contributed by atoms with E-state index in [0.717, 1.165) is 56.3 Å². The first-order valence-electron chi connectivity index (χ1n) is 10.9. The third kappa shape index (κ3) is 5.57. The van der Waals surface area contributed by atoms with E-state index < -0.39 is 12.1 Å². The van der Waals surface area contributed by atoms with Crippen molar-refractivity contribution in [2.24, 2.45) is 0 Å². The quantitative estimate of drug-likeness (QED) is 0.698. The first kappa shape index (κ1) is 25.7. The predicted octanol–water partition coefficient (Wildman–Crippen LogP) is 3.62. The predicted molar refractivity (Wildman–Crippen MR) is 116 cm³/mol. The van der Waals surface area contributed by atoms with Crippen LogP contribution in [0.5, 0.6) is 0 Å². The molecule has 8 nitrogen and oxygen atoms in total. The second kappa shape index (κ2) is 9.36. The molecule has 2 aromatic rings. The lowest BCUT2D eigenvalue weighted by molar-refractivity contribution is -0.192.